The summed E-state index contributed by atoms with van der Waals surface area (Å²) in [5.74, 6) is 0.807. The maximum Gasteiger partial charge on any atom is 0.0142 e. The summed E-state index contributed by atoms with van der Waals surface area (Å²) in [4.78, 5) is 4.83. The van der Waals surface area contributed by atoms with E-state index in [2.05, 4.69) is 44.8 Å². The van der Waals surface area contributed by atoms with Crippen molar-refractivity contribution in [3.8, 4) is 0 Å². The third-order valence-electron chi connectivity index (χ3n) is 3.23. The standard InChI is InChI=1S/C10H22N2/c1-8-7-12(5)9(2)6-10(8)11(3)4/h8-10H,6-7H2,1-5H3/t8-,9+,10-/m1/s1. The molecule has 0 unspecified atom stereocenters. The van der Waals surface area contributed by atoms with Crippen LogP contribution < -0.4 is 0 Å². The van der Waals surface area contributed by atoms with Gasteiger partial charge in [-0.2, -0.15) is 0 Å². The minimum atomic E-state index is 0.744. The van der Waals surface area contributed by atoms with Crippen LogP contribution in [0, 0.1) is 5.92 Å². The molecular formula is C10H22N2. The van der Waals surface area contributed by atoms with Crippen molar-refractivity contribution in [1.29, 1.82) is 0 Å². The molecule has 0 bridgehead atoms. The van der Waals surface area contributed by atoms with Crippen LogP contribution in [0.1, 0.15) is 20.3 Å². The minimum absolute atomic E-state index is 0.744. The van der Waals surface area contributed by atoms with E-state index in [0.29, 0.717) is 0 Å². The highest BCUT2D eigenvalue weighted by Crippen LogP contribution is 2.23. The van der Waals surface area contributed by atoms with Gasteiger partial charge in [-0.05, 0) is 40.4 Å². The van der Waals surface area contributed by atoms with Gasteiger partial charge in [0, 0.05) is 18.6 Å². The smallest absolute Gasteiger partial charge is 0.0142 e. The van der Waals surface area contributed by atoms with Crippen molar-refractivity contribution in [3.05, 3.63) is 0 Å². The van der Waals surface area contributed by atoms with Gasteiger partial charge in [0.05, 0.1) is 0 Å². The molecule has 0 saturated carbocycles. The second kappa shape index (κ2) is 3.75. The number of piperidine rings is 1. The Bertz CT molecular complexity index is 145. The predicted octanol–water partition coefficient (Wildman–Crippen LogP) is 1.28. The zero-order valence-corrected chi connectivity index (χ0v) is 9.04. The van der Waals surface area contributed by atoms with E-state index in [9.17, 15) is 0 Å². The molecule has 0 radical (unpaired) electrons. The molecule has 12 heavy (non-hydrogen) atoms. The van der Waals surface area contributed by atoms with Crippen molar-refractivity contribution in [2.75, 3.05) is 27.7 Å². The van der Waals surface area contributed by atoms with Gasteiger partial charge in [-0.25, -0.2) is 0 Å². The van der Waals surface area contributed by atoms with Crippen LogP contribution in [-0.4, -0.2) is 49.6 Å². The molecule has 0 aliphatic carbocycles. The fourth-order valence-electron chi connectivity index (χ4n) is 2.24. The molecule has 0 spiro atoms. The van der Waals surface area contributed by atoms with Crippen molar-refractivity contribution in [2.24, 2.45) is 5.92 Å². The van der Waals surface area contributed by atoms with E-state index in [1.165, 1.54) is 13.0 Å². The Morgan fingerprint density at radius 3 is 2.33 bits per heavy atom. The zero-order valence-electron chi connectivity index (χ0n) is 9.04. The second-order valence-electron chi connectivity index (χ2n) is 4.53. The van der Waals surface area contributed by atoms with Crippen molar-refractivity contribution in [3.63, 3.8) is 0 Å². The Balaban J connectivity index is 2.55. The molecule has 0 amide bonds. The van der Waals surface area contributed by atoms with Crippen molar-refractivity contribution in [2.45, 2.75) is 32.4 Å². The van der Waals surface area contributed by atoms with Crippen molar-refractivity contribution in [1.82, 2.24) is 9.80 Å². The van der Waals surface area contributed by atoms with Crippen molar-refractivity contribution < 1.29 is 0 Å². The highest BCUT2D eigenvalue weighted by atomic mass is 15.2. The lowest BCUT2D eigenvalue weighted by Crippen LogP contribution is -2.50. The molecule has 2 heteroatoms. The van der Waals surface area contributed by atoms with Crippen LogP contribution >= 0.6 is 0 Å². The molecule has 3 atom stereocenters. The summed E-state index contributed by atoms with van der Waals surface area (Å²) >= 11 is 0. The molecule has 0 N–H and O–H groups in total. The van der Waals surface area contributed by atoms with Gasteiger partial charge in [0.15, 0.2) is 0 Å². The van der Waals surface area contributed by atoms with Crippen LogP contribution in [0.25, 0.3) is 0 Å². The van der Waals surface area contributed by atoms with Crippen LogP contribution in [0.5, 0.6) is 0 Å². The van der Waals surface area contributed by atoms with E-state index in [1.807, 2.05) is 0 Å². The molecule has 1 rings (SSSR count). The number of hydrogen-bond donors (Lipinski definition) is 0. The van der Waals surface area contributed by atoms with Crippen LogP contribution in [0.3, 0.4) is 0 Å². The van der Waals surface area contributed by atoms with E-state index in [-0.39, 0.29) is 0 Å². The number of nitrogens with zero attached hydrogens (tertiary/aromatic N) is 2. The SMILES string of the molecule is C[C@@H]1CN(C)[C@@H](C)C[C@H]1N(C)C. The lowest BCUT2D eigenvalue weighted by molar-refractivity contribution is 0.0726. The Kier molecular flexibility index (Phi) is 3.13. The molecule has 1 aliphatic heterocycles. The van der Waals surface area contributed by atoms with Crippen LogP contribution in [0.4, 0.5) is 0 Å². The van der Waals surface area contributed by atoms with E-state index < -0.39 is 0 Å². The van der Waals surface area contributed by atoms with Gasteiger partial charge in [-0.1, -0.05) is 6.92 Å². The van der Waals surface area contributed by atoms with Gasteiger partial charge < -0.3 is 9.80 Å². The van der Waals surface area contributed by atoms with Gasteiger partial charge in [0.2, 0.25) is 0 Å². The molecule has 0 aromatic heterocycles. The Morgan fingerprint density at radius 2 is 1.83 bits per heavy atom. The van der Waals surface area contributed by atoms with E-state index in [1.54, 1.807) is 0 Å². The van der Waals surface area contributed by atoms with Crippen LogP contribution in [0.15, 0.2) is 0 Å². The zero-order chi connectivity index (χ0) is 9.30. The van der Waals surface area contributed by atoms with E-state index in [4.69, 9.17) is 0 Å². The molecule has 1 aliphatic rings. The lowest BCUT2D eigenvalue weighted by atomic mass is 9.89. The van der Waals surface area contributed by atoms with Gasteiger partial charge in [-0.15, -0.1) is 0 Å². The first-order valence-electron chi connectivity index (χ1n) is 4.89. The minimum Gasteiger partial charge on any atom is -0.306 e. The van der Waals surface area contributed by atoms with Gasteiger partial charge in [-0.3, -0.25) is 0 Å². The first-order chi connectivity index (χ1) is 5.52. The van der Waals surface area contributed by atoms with Crippen LogP contribution in [-0.2, 0) is 0 Å². The number of likely N-dealkylation sites (tertiary alicyclic amines) is 1. The van der Waals surface area contributed by atoms with Crippen LogP contribution in [0.2, 0.25) is 0 Å². The first-order valence-corrected chi connectivity index (χ1v) is 4.89. The lowest BCUT2D eigenvalue weighted by Gasteiger charge is -2.42. The molecule has 1 saturated heterocycles. The third kappa shape index (κ3) is 1.99. The molecule has 1 heterocycles. The summed E-state index contributed by atoms with van der Waals surface area (Å²) in [5.41, 5.74) is 0. The fraction of sp³-hybridized carbons (Fsp3) is 1.00. The molecular weight excluding hydrogens is 148 g/mol. The Labute approximate surface area is 76.5 Å². The monoisotopic (exact) mass is 170 g/mol. The maximum absolute atomic E-state index is 2.46. The fourth-order valence-corrected chi connectivity index (χ4v) is 2.24. The molecule has 1 fully saturated rings. The number of rotatable bonds is 1. The van der Waals surface area contributed by atoms with Gasteiger partial charge in [0.1, 0.15) is 0 Å². The normalized spacial score (nSPS) is 39.0. The summed E-state index contributed by atoms with van der Waals surface area (Å²) in [6.45, 7) is 5.92. The average Bonchev–Trinajstić information content (AvgIpc) is 1.96. The van der Waals surface area contributed by atoms with Crippen molar-refractivity contribution >= 4 is 0 Å². The molecule has 2 nitrogen and oxygen atoms in total. The molecule has 0 aromatic carbocycles. The van der Waals surface area contributed by atoms with E-state index in [0.717, 1.165) is 18.0 Å². The average molecular weight is 170 g/mol. The quantitative estimate of drug-likeness (QED) is 0.585. The first kappa shape index (κ1) is 10.0. The van der Waals surface area contributed by atoms with Gasteiger partial charge in [0.25, 0.3) is 0 Å². The largest absolute Gasteiger partial charge is 0.306 e. The Morgan fingerprint density at radius 1 is 1.25 bits per heavy atom. The molecule has 0 aromatic rings. The predicted molar refractivity (Wildman–Crippen MR) is 53.3 cm³/mol. The Hall–Kier alpha value is -0.0800. The number of hydrogen-bond acceptors (Lipinski definition) is 2. The van der Waals surface area contributed by atoms with E-state index >= 15 is 0 Å². The summed E-state index contributed by atoms with van der Waals surface area (Å²) in [5, 5.41) is 0. The van der Waals surface area contributed by atoms with Gasteiger partial charge >= 0.3 is 0 Å². The summed E-state index contributed by atoms with van der Waals surface area (Å²) < 4.78 is 0. The third-order valence-corrected chi connectivity index (χ3v) is 3.23. The highest BCUT2D eigenvalue weighted by Gasteiger charge is 2.29. The summed E-state index contributed by atoms with van der Waals surface area (Å²) in [7, 11) is 6.62. The summed E-state index contributed by atoms with van der Waals surface area (Å²) in [6.07, 6.45) is 1.31. The maximum atomic E-state index is 2.46. The molecule has 72 valence electrons. The summed E-state index contributed by atoms with van der Waals surface area (Å²) in [6, 6.07) is 1.52. The second-order valence-corrected chi connectivity index (χ2v) is 4.53. The highest BCUT2D eigenvalue weighted by molar-refractivity contribution is 4.85. The topological polar surface area (TPSA) is 6.48 Å².